The lowest BCUT2D eigenvalue weighted by atomic mass is 9.88. The lowest BCUT2D eigenvalue weighted by molar-refractivity contribution is 0.0712. The van der Waals surface area contributed by atoms with Crippen LogP contribution in [0, 0.1) is 18.3 Å². The van der Waals surface area contributed by atoms with Gasteiger partial charge >= 0.3 is 0 Å². The monoisotopic (exact) mass is 484 g/mol. The second-order valence-electron chi connectivity index (χ2n) is 10.1. The fraction of sp³-hybridized carbons (Fsp3) is 0.448. The van der Waals surface area contributed by atoms with Crippen LogP contribution in [0.5, 0.6) is 0 Å². The van der Waals surface area contributed by atoms with Crippen molar-refractivity contribution in [2.45, 2.75) is 44.4 Å². The molecule has 2 aromatic rings. The van der Waals surface area contributed by atoms with E-state index in [4.69, 9.17) is 10.3 Å². The SMILES string of the molecule is C=NNC(=NCCN(C)C)c1cc(C(=O)N2CCC(c3ccc(C#N)cc3)CC2)c(C)cc1C1CC1. The molecule has 0 bridgehead atoms. The number of nitrogens with one attached hydrogen (secondary N) is 1. The van der Waals surface area contributed by atoms with Crippen LogP contribution in [0.3, 0.4) is 0 Å². The van der Waals surface area contributed by atoms with Crippen molar-refractivity contribution >= 4 is 18.5 Å². The number of aryl methyl sites for hydroxylation is 1. The maximum absolute atomic E-state index is 13.7. The molecular weight excluding hydrogens is 448 g/mol. The minimum absolute atomic E-state index is 0.0774. The predicted octanol–water partition coefficient (Wildman–Crippen LogP) is 4.28. The van der Waals surface area contributed by atoms with Gasteiger partial charge in [0.1, 0.15) is 5.84 Å². The molecule has 0 radical (unpaired) electrons. The summed E-state index contributed by atoms with van der Waals surface area (Å²) in [4.78, 5) is 22.5. The number of piperidine rings is 1. The Labute approximate surface area is 214 Å². The minimum Gasteiger partial charge on any atom is -0.339 e. The second kappa shape index (κ2) is 11.5. The van der Waals surface area contributed by atoms with Crippen LogP contribution in [-0.4, -0.2) is 68.5 Å². The van der Waals surface area contributed by atoms with Gasteiger partial charge in [0.15, 0.2) is 0 Å². The molecule has 1 amide bonds. The maximum atomic E-state index is 13.7. The Kier molecular flexibility index (Phi) is 8.17. The Hall–Kier alpha value is -3.50. The van der Waals surface area contributed by atoms with Gasteiger partial charge in [-0.1, -0.05) is 18.2 Å². The number of amidine groups is 1. The number of hydrogen-bond donors (Lipinski definition) is 1. The number of nitriles is 1. The fourth-order valence-corrected chi connectivity index (χ4v) is 4.93. The van der Waals surface area contributed by atoms with Crippen LogP contribution in [-0.2, 0) is 0 Å². The summed E-state index contributed by atoms with van der Waals surface area (Å²) >= 11 is 0. The Morgan fingerprint density at radius 1 is 1.11 bits per heavy atom. The van der Waals surface area contributed by atoms with Gasteiger partial charge in [-0.15, -0.1) is 0 Å². The van der Waals surface area contributed by atoms with Crippen molar-refractivity contribution in [3.8, 4) is 6.07 Å². The van der Waals surface area contributed by atoms with E-state index in [1.54, 1.807) is 0 Å². The van der Waals surface area contributed by atoms with E-state index in [1.165, 1.54) is 11.1 Å². The average molecular weight is 485 g/mol. The van der Waals surface area contributed by atoms with Crippen LogP contribution < -0.4 is 5.43 Å². The van der Waals surface area contributed by atoms with Crippen LogP contribution in [0.1, 0.15) is 75.7 Å². The number of likely N-dealkylation sites (tertiary alicyclic amines) is 1. The highest BCUT2D eigenvalue weighted by Crippen LogP contribution is 2.43. The molecule has 2 aromatic carbocycles. The van der Waals surface area contributed by atoms with Gasteiger partial charge in [-0.25, -0.2) is 0 Å². The van der Waals surface area contributed by atoms with Gasteiger partial charge in [-0.2, -0.15) is 10.4 Å². The zero-order valence-electron chi connectivity index (χ0n) is 21.6. The molecule has 0 unspecified atom stereocenters. The molecular formula is C29H36N6O. The summed E-state index contributed by atoms with van der Waals surface area (Å²) in [7, 11) is 4.05. The van der Waals surface area contributed by atoms with E-state index < -0.39 is 0 Å². The number of hydrogen-bond acceptors (Lipinski definition) is 5. The topological polar surface area (TPSA) is 84.1 Å². The number of carbonyl (C=O) groups is 1. The number of carbonyl (C=O) groups excluding carboxylic acids is 1. The van der Waals surface area contributed by atoms with Crippen molar-refractivity contribution in [3.63, 3.8) is 0 Å². The zero-order chi connectivity index (χ0) is 25.7. The average Bonchev–Trinajstić information content (AvgIpc) is 3.73. The number of nitrogens with zero attached hydrogens (tertiary/aromatic N) is 5. The van der Waals surface area contributed by atoms with Crippen LogP contribution in [0.2, 0.25) is 0 Å². The summed E-state index contributed by atoms with van der Waals surface area (Å²) in [6.07, 6.45) is 4.16. The van der Waals surface area contributed by atoms with Crippen molar-refractivity contribution < 1.29 is 4.79 Å². The minimum atomic E-state index is 0.0774. The van der Waals surface area contributed by atoms with Gasteiger partial charge in [0, 0.05) is 37.5 Å². The van der Waals surface area contributed by atoms with E-state index in [1.807, 2.05) is 56.3 Å². The second-order valence-corrected chi connectivity index (χ2v) is 10.1. The molecule has 1 aliphatic carbocycles. The van der Waals surface area contributed by atoms with E-state index in [0.29, 0.717) is 29.8 Å². The quantitative estimate of drug-likeness (QED) is 0.344. The molecule has 1 saturated carbocycles. The molecule has 0 spiro atoms. The number of likely N-dealkylation sites (N-methyl/N-ethyl adjacent to an activating group) is 1. The highest BCUT2D eigenvalue weighted by molar-refractivity contribution is 6.04. The maximum Gasteiger partial charge on any atom is 0.254 e. The Morgan fingerprint density at radius 3 is 2.39 bits per heavy atom. The molecule has 7 heteroatoms. The molecule has 1 saturated heterocycles. The van der Waals surface area contributed by atoms with Gasteiger partial charge in [0.05, 0.1) is 18.2 Å². The molecule has 188 valence electrons. The van der Waals surface area contributed by atoms with Crippen molar-refractivity contribution in [1.29, 1.82) is 5.26 Å². The van der Waals surface area contributed by atoms with Crippen LogP contribution in [0.4, 0.5) is 0 Å². The van der Waals surface area contributed by atoms with Gasteiger partial charge in [0.25, 0.3) is 5.91 Å². The van der Waals surface area contributed by atoms with Crippen LogP contribution in [0.25, 0.3) is 0 Å². The molecule has 1 aliphatic heterocycles. The predicted molar refractivity (Wildman–Crippen MR) is 145 cm³/mol. The molecule has 2 aliphatic rings. The largest absolute Gasteiger partial charge is 0.339 e. The number of rotatable bonds is 8. The molecule has 2 fully saturated rings. The van der Waals surface area contributed by atoms with E-state index in [-0.39, 0.29) is 5.91 Å². The van der Waals surface area contributed by atoms with E-state index in [2.05, 4.69) is 34.3 Å². The summed E-state index contributed by atoms with van der Waals surface area (Å²) in [6, 6.07) is 14.2. The first-order valence-corrected chi connectivity index (χ1v) is 12.8. The number of benzene rings is 2. The fourth-order valence-electron chi connectivity index (χ4n) is 4.93. The van der Waals surface area contributed by atoms with E-state index >= 15 is 0 Å². The first-order valence-electron chi connectivity index (χ1n) is 12.8. The normalized spacial score (nSPS) is 16.6. The Balaban J connectivity index is 1.54. The molecule has 1 N–H and O–H groups in total. The lowest BCUT2D eigenvalue weighted by Crippen LogP contribution is -2.38. The molecule has 0 aromatic heterocycles. The third-order valence-corrected chi connectivity index (χ3v) is 7.19. The summed E-state index contributed by atoms with van der Waals surface area (Å²) in [5, 5.41) is 13.0. The smallest absolute Gasteiger partial charge is 0.254 e. The van der Waals surface area contributed by atoms with E-state index in [9.17, 15) is 4.79 Å². The third-order valence-electron chi connectivity index (χ3n) is 7.19. The zero-order valence-corrected chi connectivity index (χ0v) is 21.6. The highest BCUT2D eigenvalue weighted by Gasteiger charge is 2.31. The number of amides is 1. The van der Waals surface area contributed by atoms with Gasteiger partial charge in [0.2, 0.25) is 0 Å². The standard InChI is InChI=1S/C29H36N6O/c1-20-17-26(24-9-10-24)27(28(33-31-2)32-13-16-34(3)4)18-25(20)29(36)35-14-11-23(12-15-35)22-7-5-21(19-30)6-8-22/h5-8,17-18,23-24H,2,9-16H2,1,3-4H3,(H,32,33). The third kappa shape index (κ3) is 6.00. The van der Waals surface area contributed by atoms with Crippen LogP contribution >= 0.6 is 0 Å². The summed E-state index contributed by atoms with van der Waals surface area (Å²) in [5.41, 5.74) is 8.87. The van der Waals surface area contributed by atoms with Crippen molar-refractivity contribution in [1.82, 2.24) is 15.2 Å². The number of aliphatic imine (C=N–C) groups is 1. The van der Waals surface area contributed by atoms with Crippen LogP contribution in [0.15, 0.2) is 46.5 Å². The first kappa shape index (κ1) is 25.6. The van der Waals surface area contributed by atoms with E-state index in [0.717, 1.165) is 62.0 Å². The van der Waals surface area contributed by atoms with Crippen molar-refractivity contribution in [2.75, 3.05) is 40.3 Å². The van der Waals surface area contributed by atoms with Gasteiger partial charge in [-0.3, -0.25) is 15.2 Å². The first-order chi connectivity index (χ1) is 17.4. The molecule has 7 nitrogen and oxygen atoms in total. The van der Waals surface area contributed by atoms with Crippen molar-refractivity contribution in [3.05, 3.63) is 69.8 Å². The van der Waals surface area contributed by atoms with Gasteiger partial charge < -0.3 is 9.80 Å². The highest BCUT2D eigenvalue weighted by atomic mass is 16.2. The van der Waals surface area contributed by atoms with Gasteiger partial charge in [-0.05, 0) is 93.4 Å². The molecule has 1 heterocycles. The molecule has 36 heavy (non-hydrogen) atoms. The lowest BCUT2D eigenvalue weighted by Gasteiger charge is -2.33. The molecule has 4 rings (SSSR count). The molecule has 0 atom stereocenters. The Morgan fingerprint density at radius 2 is 1.81 bits per heavy atom. The Bertz CT molecular complexity index is 1170. The summed E-state index contributed by atoms with van der Waals surface area (Å²) < 4.78 is 0. The van der Waals surface area contributed by atoms with Crippen molar-refractivity contribution in [2.24, 2.45) is 10.1 Å². The number of hydrazone groups is 1. The summed E-state index contributed by atoms with van der Waals surface area (Å²) in [5.74, 6) is 1.68. The summed E-state index contributed by atoms with van der Waals surface area (Å²) in [6.45, 7) is 8.54.